The smallest absolute Gasteiger partial charge is 0.0490 e. The van der Waals surface area contributed by atoms with Gasteiger partial charge in [0.05, 0.1) is 0 Å². The maximum Gasteiger partial charge on any atom is 0.0490 e. The van der Waals surface area contributed by atoms with Gasteiger partial charge in [-0.3, -0.25) is 0 Å². The van der Waals surface area contributed by atoms with Crippen molar-refractivity contribution in [3.05, 3.63) is 0 Å². The standard InChI is InChI=1S/C12H27NO/c1-6-12(11(4)9-14-5)8-13-7-10(2)3/h10-13H,6-9H2,1-5H3. The lowest BCUT2D eigenvalue weighted by Crippen LogP contribution is -2.30. The zero-order chi connectivity index (χ0) is 11.0. The van der Waals surface area contributed by atoms with Crippen molar-refractivity contribution in [2.45, 2.75) is 34.1 Å². The fourth-order valence-electron chi connectivity index (χ4n) is 1.70. The molecule has 2 atom stereocenters. The van der Waals surface area contributed by atoms with E-state index >= 15 is 0 Å². The molecule has 86 valence electrons. The second kappa shape index (κ2) is 8.25. The predicted octanol–water partition coefficient (Wildman–Crippen LogP) is 2.54. The molecule has 0 aromatic rings. The van der Waals surface area contributed by atoms with Crippen LogP contribution in [0.5, 0.6) is 0 Å². The van der Waals surface area contributed by atoms with Gasteiger partial charge in [0.25, 0.3) is 0 Å². The first-order valence-electron chi connectivity index (χ1n) is 5.81. The minimum Gasteiger partial charge on any atom is -0.384 e. The Kier molecular flexibility index (Phi) is 8.20. The van der Waals surface area contributed by atoms with Crippen LogP contribution in [0.1, 0.15) is 34.1 Å². The van der Waals surface area contributed by atoms with Gasteiger partial charge >= 0.3 is 0 Å². The number of ether oxygens (including phenoxy) is 1. The molecule has 14 heavy (non-hydrogen) atoms. The molecule has 0 spiro atoms. The summed E-state index contributed by atoms with van der Waals surface area (Å²) in [6.45, 7) is 12.1. The molecule has 0 saturated carbocycles. The van der Waals surface area contributed by atoms with Gasteiger partial charge in [-0.25, -0.2) is 0 Å². The fraction of sp³-hybridized carbons (Fsp3) is 1.00. The van der Waals surface area contributed by atoms with Crippen LogP contribution in [0.15, 0.2) is 0 Å². The topological polar surface area (TPSA) is 21.3 Å². The molecule has 0 fully saturated rings. The summed E-state index contributed by atoms with van der Waals surface area (Å²) in [5, 5.41) is 3.52. The van der Waals surface area contributed by atoms with E-state index in [0.29, 0.717) is 5.92 Å². The third kappa shape index (κ3) is 6.39. The van der Waals surface area contributed by atoms with E-state index in [4.69, 9.17) is 4.74 Å². The highest BCUT2D eigenvalue weighted by molar-refractivity contribution is 4.67. The second-order valence-electron chi connectivity index (χ2n) is 4.65. The summed E-state index contributed by atoms with van der Waals surface area (Å²) in [5.74, 6) is 2.14. The minimum absolute atomic E-state index is 0.657. The van der Waals surface area contributed by atoms with E-state index < -0.39 is 0 Å². The Morgan fingerprint density at radius 3 is 2.21 bits per heavy atom. The maximum absolute atomic E-state index is 5.19. The average Bonchev–Trinajstić information content (AvgIpc) is 2.12. The molecule has 0 bridgehead atoms. The van der Waals surface area contributed by atoms with Crippen LogP contribution in [0.25, 0.3) is 0 Å². The zero-order valence-corrected chi connectivity index (χ0v) is 10.5. The fourth-order valence-corrected chi connectivity index (χ4v) is 1.70. The molecule has 0 saturated heterocycles. The molecule has 0 aromatic carbocycles. The lowest BCUT2D eigenvalue weighted by molar-refractivity contribution is 0.126. The monoisotopic (exact) mass is 201 g/mol. The third-order valence-corrected chi connectivity index (χ3v) is 2.72. The minimum atomic E-state index is 0.657. The SMILES string of the molecule is CCC(CNCC(C)C)C(C)COC. The molecule has 0 aromatic heterocycles. The number of methoxy groups -OCH3 is 1. The molecular formula is C12H27NO. The number of nitrogens with one attached hydrogen (secondary N) is 1. The quantitative estimate of drug-likeness (QED) is 0.651. The van der Waals surface area contributed by atoms with Crippen molar-refractivity contribution < 1.29 is 4.74 Å². The number of hydrogen-bond acceptors (Lipinski definition) is 2. The van der Waals surface area contributed by atoms with Gasteiger partial charge in [-0.1, -0.05) is 34.1 Å². The average molecular weight is 201 g/mol. The number of hydrogen-bond donors (Lipinski definition) is 1. The Hall–Kier alpha value is -0.0800. The summed E-state index contributed by atoms with van der Waals surface area (Å²) < 4.78 is 5.19. The van der Waals surface area contributed by atoms with Crippen molar-refractivity contribution in [1.82, 2.24) is 5.32 Å². The van der Waals surface area contributed by atoms with E-state index in [1.165, 1.54) is 6.42 Å². The highest BCUT2D eigenvalue weighted by Gasteiger charge is 2.14. The highest BCUT2D eigenvalue weighted by atomic mass is 16.5. The predicted molar refractivity (Wildman–Crippen MR) is 62.5 cm³/mol. The molecule has 0 aliphatic carbocycles. The summed E-state index contributed by atoms with van der Waals surface area (Å²) in [6, 6.07) is 0. The van der Waals surface area contributed by atoms with Crippen LogP contribution in [0, 0.1) is 17.8 Å². The van der Waals surface area contributed by atoms with Crippen molar-refractivity contribution in [3.8, 4) is 0 Å². The molecule has 2 unspecified atom stereocenters. The first kappa shape index (κ1) is 13.9. The van der Waals surface area contributed by atoms with E-state index in [1.807, 2.05) is 0 Å². The van der Waals surface area contributed by atoms with Gasteiger partial charge in [0.2, 0.25) is 0 Å². The third-order valence-electron chi connectivity index (χ3n) is 2.72. The lowest BCUT2D eigenvalue weighted by atomic mass is 9.92. The normalized spacial score (nSPS) is 15.9. The summed E-state index contributed by atoms with van der Waals surface area (Å²) in [6.07, 6.45) is 1.23. The summed E-state index contributed by atoms with van der Waals surface area (Å²) in [4.78, 5) is 0. The van der Waals surface area contributed by atoms with Crippen molar-refractivity contribution >= 4 is 0 Å². The van der Waals surface area contributed by atoms with Crippen molar-refractivity contribution in [3.63, 3.8) is 0 Å². The van der Waals surface area contributed by atoms with E-state index in [1.54, 1.807) is 7.11 Å². The summed E-state index contributed by atoms with van der Waals surface area (Å²) in [7, 11) is 1.78. The summed E-state index contributed by atoms with van der Waals surface area (Å²) in [5.41, 5.74) is 0. The Bertz CT molecular complexity index is 125. The van der Waals surface area contributed by atoms with Crippen LogP contribution >= 0.6 is 0 Å². The zero-order valence-electron chi connectivity index (χ0n) is 10.5. The van der Waals surface area contributed by atoms with Crippen LogP contribution < -0.4 is 5.32 Å². The Morgan fingerprint density at radius 2 is 1.79 bits per heavy atom. The van der Waals surface area contributed by atoms with Crippen LogP contribution in [-0.2, 0) is 4.74 Å². The van der Waals surface area contributed by atoms with Gasteiger partial charge in [-0.2, -0.15) is 0 Å². The Labute approximate surface area is 89.4 Å². The molecule has 0 radical (unpaired) electrons. The van der Waals surface area contributed by atoms with Gasteiger partial charge in [-0.05, 0) is 30.8 Å². The van der Waals surface area contributed by atoms with Gasteiger partial charge in [-0.15, -0.1) is 0 Å². The van der Waals surface area contributed by atoms with Crippen LogP contribution in [0.3, 0.4) is 0 Å². The molecule has 0 aliphatic rings. The molecule has 0 rings (SSSR count). The van der Waals surface area contributed by atoms with E-state index in [9.17, 15) is 0 Å². The van der Waals surface area contributed by atoms with Crippen molar-refractivity contribution in [1.29, 1.82) is 0 Å². The molecule has 1 N–H and O–H groups in total. The van der Waals surface area contributed by atoms with Crippen molar-refractivity contribution in [2.75, 3.05) is 26.8 Å². The molecule has 0 heterocycles. The van der Waals surface area contributed by atoms with E-state index in [-0.39, 0.29) is 0 Å². The van der Waals surface area contributed by atoms with Crippen molar-refractivity contribution in [2.24, 2.45) is 17.8 Å². The van der Waals surface area contributed by atoms with Gasteiger partial charge < -0.3 is 10.1 Å². The maximum atomic E-state index is 5.19. The molecular weight excluding hydrogens is 174 g/mol. The summed E-state index contributed by atoms with van der Waals surface area (Å²) >= 11 is 0. The van der Waals surface area contributed by atoms with Gasteiger partial charge in [0.15, 0.2) is 0 Å². The molecule has 0 amide bonds. The first-order chi connectivity index (χ1) is 6.61. The lowest BCUT2D eigenvalue weighted by Gasteiger charge is -2.22. The van der Waals surface area contributed by atoms with Crippen LogP contribution in [0.2, 0.25) is 0 Å². The molecule has 0 aliphatic heterocycles. The van der Waals surface area contributed by atoms with E-state index in [2.05, 4.69) is 33.0 Å². The first-order valence-corrected chi connectivity index (χ1v) is 5.81. The highest BCUT2D eigenvalue weighted by Crippen LogP contribution is 2.14. The van der Waals surface area contributed by atoms with Crippen LogP contribution in [0.4, 0.5) is 0 Å². The van der Waals surface area contributed by atoms with Crippen LogP contribution in [-0.4, -0.2) is 26.8 Å². The molecule has 2 heteroatoms. The number of rotatable bonds is 8. The second-order valence-corrected chi connectivity index (χ2v) is 4.65. The largest absolute Gasteiger partial charge is 0.384 e. The Morgan fingerprint density at radius 1 is 1.14 bits per heavy atom. The van der Waals surface area contributed by atoms with Gasteiger partial charge in [0, 0.05) is 13.7 Å². The van der Waals surface area contributed by atoms with Gasteiger partial charge in [0.1, 0.15) is 0 Å². The Balaban J connectivity index is 3.66. The van der Waals surface area contributed by atoms with E-state index in [0.717, 1.165) is 31.5 Å². The molecule has 2 nitrogen and oxygen atoms in total.